The van der Waals surface area contributed by atoms with Crippen molar-refractivity contribution < 1.29 is 9.59 Å². The van der Waals surface area contributed by atoms with E-state index >= 15 is 0 Å². The third-order valence-electron chi connectivity index (χ3n) is 6.61. The highest BCUT2D eigenvalue weighted by Gasteiger charge is 2.31. The van der Waals surface area contributed by atoms with E-state index in [0.717, 1.165) is 41.0 Å². The van der Waals surface area contributed by atoms with Crippen molar-refractivity contribution in [3.63, 3.8) is 0 Å². The van der Waals surface area contributed by atoms with E-state index in [1.807, 2.05) is 59.2 Å². The average Bonchev–Trinajstić information content (AvgIpc) is 3.47. The zero-order valence-corrected chi connectivity index (χ0v) is 20.7. The Labute approximate surface area is 209 Å². The monoisotopic (exact) mass is 486 g/mol. The number of piperazine rings is 1. The Hall–Kier alpha value is -3.58. The fourth-order valence-electron chi connectivity index (χ4n) is 4.78. The van der Waals surface area contributed by atoms with Crippen molar-refractivity contribution in [3.8, 4) is 0 Å². The summed E-state index contributed by atoms with van der Waals surface area (Å²) in [5.74, 6) is 0.0445. The summed E-state index contributed by atoms with van der Waals surface area (Å²) in [5, 5.41) is 6.16. The number of fused-ring (bicyclic) bond motifs is 1. The van der Waals surface area contributed by atoms with Crippen molar-refractivity contribution in [1.29, 1.82) is 0 Å². The molecule has 2 aromatic heterocycles. The Morgan fingerprint density at radius 3 is 2.49 bits per heavy atom. The van der Waals surface area contributed by atoms with Crippen molar-refractivity contribution in [2.75, 3.05) is 25.0 Å². The van der Waals surface area contributed by atoms with Gasteiger partial charge in [-0.05, 0) is 55.0 Å². The number of urea groups is 1. The first-order valence-electron chi connectivity index (χ1n) is 12.1. The Balaban J connectivity index is 1.26. The minimum absolute atomic E-state index is 0.0445. The van der Waals surface area contributed by atoms with Crippen molar-refractivity contribution in [2.45, 2.75) is 32.4 Å². The van der Waals surface area contributed by atoms with Gasteiger partial charge >= 0.3 is 6.03 Å². The number of nitrogens with one attached hydrogen (secondary N) is 1. The molecule has 1 saturated heterocycles. The van der Waals surface area contributed by atoms with Gasteiger partial charge in [-0.25, -0.2) is 4.79 Å². The average molecular weight is 487 g/mol. The second-order valence-corrected chi connectivity index (χ2v) is 9.94. The Kier molecular flexibility index (Phi) is 6.86. The van der Waals surface area contributed by atoms with Crippen LogP contribution in [0.3, 0.4) is 0 Å². The summed E-state index contributed by atoms with van der Waals surface area (Å²) >= 11 is 1.68. The number of amides is 3. The second kappa shape index (κ2) is 10.4. The number of hydrogen-bond acceptors (Lipinski definition) is 3. The van der Waals surface area contributed by atoms with Crippen LogP contribution in [0.5, 0.6) is 0 Å². The maximum Gasteiger partial charge on any atom is 0.322 e. The lowest BCUT2D eigenvalue weighted by atomic mass is 10.1. The molecule has 1 aliphatic rings. The molecule has 5 rings (SSSR count). The standard InChI is InChI=1S/C28H30N4O2S/c1-21-20-30(16-17-31(21)28(34)29-24-12-6-3-7-13-24)26(33)25-19-23-14-18-35-27(23)32(25)15-8-11-22-9-4-2-5-10-22/h2-7,9-10,12-14,18-19,21H,8,11,15-17,20H2,1H3,(H,29,34)/t21-/m1/s1. The topological polar surface area (TPSA) is 57.6 Å². The molecule has 0 unspecified atom stereocenters. The molecule has 6 nitrogen and oxygen atoms in total. The molecular weight excluding hydrogens is 456 g/mol. The summed E-state index contributed by atoms with van der Waals surface area (Å²) in [7, 11) is 0. The Bertz CT molecular complexity index is 1300. The van der Waals surface area contributed by atoms with Gasteiger partial charge in [0.15, 0.2) is 0 Å². The molecule has 0 bridgehead atoms. The van der Waals surface area contributed by atoms with Crippen LogP contribution < -0.4 is 5.32 Å². The van der Waals surface area contributed by atoms with E-state index in [4.69, 9.17) is 0 Å². The minimum Gasteiger partial charge on any atom is -0.334 e. The molecule has 35 heavy (non-hydrogen) atoms. The van der Waals surface area contributed by atoms with Crippen LogP contribution in [0, 0.1) is 0 Å². The van der Waals surface area contributed by atoms with E-state index in [1.54, 1.807) is 11.3 Å². The molecule has 7 heteroatoms. The third kappa shape index (κ3) is 5.10. The summed E-state index contributed by atoms with van der Waals surface area (Å²) in [4.78, 5) is 31.3. The van der Waals surface area contributed by atoms with Gasteiger partial charge in [-0.15, -0.1) is 11.3 Å². The lowest BCUT2D eigenvalue weighted by Gasteiger charge is -2.39. The number of benzene rings is 2. The summed E-state index contributed by atoms with van der Waals surface area (Å²) in [6.45, 7) is 4.35. The molecule has 3 heterocycles. The first-order valence-corrected chi connectivity index (χ1v) is 13.0. The first kappa shape index (κ1) is 23.2. The lowest BCUT2D eigenvalue weighted by Crippen LogP contribution is -2.56. The fourth-order valence-corrected chi connectivity index (χ4v) is 5.71. The normalized spacial score (nSPS) is 16.0. The molecular formula is C28H30N4O2S. The predicted molar refractivity (Wildman–Crippen MR) is 142 cm³/mol. The number of carbonyl (C=O) groups is 2. The number of para-hydroxylation sites is 1. The largest absolute Gasteiger partial charge is 0.334 e. The number of anilines is 1. The second-order valence-electron chi connectivity index (χ2n) is 9.04. The number of aromatic nitrogens is 1. The zero-order valence-electron chi connectivity index (χ0n) is 19.9. The van der Waals surface area contributed by atoms with Gasteiger partial charge < -0.3 is 19.7 Å². The van der Waals surface area contributed by atoms with Gasteiger partial charge in [0.05, 0.1) is 0 Å². The Morgan fingerprint density at radius 2 is 1.74 bits per heavy atom. The summed E-state index contributed by atoms with van der Waals surface area (Å²) in [5.41, 5.74) is 2.83. The van der Waals surface area contributed by atoms with Crippen LogP contribution in [0.25, 0.3) is 10.2 Å². The fraction of sp³-hybridized carbons (Fsp3) is 0.286. The highest BCUT2D eigenvalue weighted by molar-refractivity contribution is 7.16. The number of hydrogen-bond donors (Lipinski definition) is 1. The minimum atomic E-state index is -0.124. The van der Waals surface area contributed by atoms with Crippen LogP contribution in [0.1, 0.15) is 29.4 Å². The number of thiophene rings is 1. The van der Waals surface area contributed by atoms with E-state index in [-0.39, 0.29) is 18.0 Å². The predicted octanol–water partition coefficient (Wildman–Crippen LogP) is 5.71. The molecule has 0 spiro atoms. The zero-order chi connectivity index (χ0) is 24.2. The van der Waals surface area contributed by atoms with E-state index in [9.17, 15) is 9.59 Å². The first-order chi connectivity index (χ1) is 17.1. The van der Waals surface area contributed by atoms with Crippen molar-refractivity contribution in [1.82, 2.24) is 14.4 Å². The van der Waals surface area contributed by atoms with Gasteiger partial charge in [0.25, 0.3) is 5.91 Å². The number of nitrogens with zero attached hydrogens (tertiary/aromatic N) is 3. The molecule has 3 amide bonds. The van der Waals surface area contributed by atoms with Gasteiger partial charge in [-0.1, -0.05) is 48.5 Å². The SMILES string of the molecule is C[C@@H]1CN(C(=O)c2cc3ccsc3n2CCCc2ccccc2)CCN1C(=O)Nc1ccccc1. The third-order valence-corrected chi connectivity index (χ3v) is 7.56. The smallest absolute Gasteiger partial charge is 0.322 e. The van der Waals surface area contributed by atoms with Gasteiger partial charge in [0, 0.05) is 43.3 Å². The maximum atomic E-state index is 13.6. The van der Waals surface area contributed by atoms with Crippen LogP contribution in [0.15, 0.2) is 78.2 Å². The molecule has 0 radical (unpaired) electrons. The van der Waals surface area contributed by atoms with Crippen LogP contribution in [-0.4, -0.2) is 52.0 Å². The molecule has 2 aromatic carbocycles. The summed E-state index contributed by atoms with van der Waals surface area (Å²) < 4.78 is 2.18. The molecule has 1 fully saturated rings. The summed E-state index contributed by atoms with van der Waals surface area (Å²) in [6.07, 6.45) is 1.95. The van der Waals surface area contributed by atoms with Gasteiger partial charge in [0.1, 0.15) is 10.5 Å². The van der Waals surface area contributed by atoms with Gasteiger partial charge in [-0.3, -0.25) is 4.79 Å². The van der Waals surface area contributed by atoms with E-state index in [0.29, 0.717) is 19.6 Å². The summed E-state index contributed by atoms with van der Waals surface area (Å²) in [6, 6.07) is 23.8. The molecule has 0 aliphatic carbocycles. The maximum absolute atomic E-state index is 13.6. The molecule has 180 valence electrons. The lowest BCUT2D eigenvalue weighted by molar-refractivity contribution is 0.0582. The van der Waals surface area contributed by atoms with E-state index in [1.165, 1.54) is 5.56 Å². The molecule has 1 N–H and O–H groups in total. The van der Waals surface area contributed by atoms with E-state index < -0.39 is 0 Å². The van der Waals surface area contributed by atoms with Crippen molar-refractivity contribution in [3.05, 3.63) is 89.4 Å². The molecule has 1 aliphatic heterocycles. The molecule has 4 aromatic rings. The Morgan fingerprint density at radius 1 is 1.00 bits per heavy atom. The number of carbonyl (C=O) groups excluding carboxylic acids is 2. The highest BCUT2D eigenvalue weighted by atomic mass is 32.1. The van der Waals surface area contributed by atoms with Gasteiger partial charge in [-0.2, -0.15) is 0 Å². The number of aryl methyl sites for hydroxylation is 2. The quantitative estimate of drug-likeness (QED) is 0.379. The number of rotatable bonds is 6. The van der Waals surface area contributed by atoms with E-state index in [2.05, 4.69) is 45.6 Å². The van der Waals surface area contributed by atoms with Gasteiger partial charge in [0.2, 0.25) is 0 Å². The van der Waals surface area contributed by atoms with Crippen molar-refractivity contribution >= 4 is 39.2 Å². The van der Waals surface area contributed by atoms with Crippen LogP contribution in [0.4, 0.5) is 10.5 Å². The van der Waals surface area contributed by atoms with Crippen LogP contribution in [-0.2, 0) is 13.0 Å². The van der Waals surface area contributed by atoms with Crippen LogP contribution >= 0.6 is 11.3 Å². The molecule has 0 saturated carbocycles. The van der Waals surface area contributed by atoms with Crippen molar-refractivity contribution in [2.24, 2.45) is 0 Å². The van der Waals surface area contributed by atoms with Crippen LogP contribution in [0.2, 0.25) is 0 Å². The highest BCUT2D eigenvalue weighted by Crippen LogP contribution is 2.27. The molecule has 1 atom stereocenters.